The smallest absolute Gasteiger partial charge is 0.259 e. The Morgan fingerprint density at radius 3 is 2.76 bits per heavy atom. The lowest BCUT2D eigenvalue weighted by Crippen LogP contribution is -2.53. The average molecular weight is 369 g/mol. The summed E-state index contributed by atoms with van der Waals surface area (Å²) in [5, 5.41) is 10.3. The molecule has 2 heterocycles. The summed E-state index contributed by atoms with van der Waals surface area (Å²) in [6, 6.07) is 5.41. The van der Waals surface area contributed by atoms with Gasteiger partial charge in [0.1, 0.15) is 6.10 Å². The van der Waals surface area contributed by atoms with Crippen molar-refractivity contribution in [3.05, 3.63) is 28.8 Å². The Hall–Kier alpha value is -1.51. The number of benzene rings is 1. The Labute approximate surface area is 151 Å². The summed E-state index contributed by atoms with van der Waals surface area (Å²) < 4.78 is 10.6. The molecule has 2 atom stereocenters. The molecule has 0 saturated carbocycles. The largest absolute Gasteiger partial charge is 0.382 e. The van der Waals surface area contributed by atoms with Gasteiger partial charge in [0, 0.05) is 36.9 Å². The van der Waals surface area contributed by atoms with Crippen LogP contribution in [0.3, 0.4) is 0 Å². The Balaban J connectivity index is 1.78. The van der Waals surface area contributed by atoms with Crippen LogP contribution in [-0.2, 0) is 25.6 Å². The van der Waals surface area contributed by atoms with Crippen LogP contribution < -0.4 is 4.90 Å². The Morgan fingerprint density at radius 2 is 2.04 bits per heavy atom. The third-order valence-corrected chi connectivity index (χ3v) is 4.78. The molecule has 1 unspecified atom stereocenters. The van der Waals surface area contributed by atoms with E-state index in [0.717, 1.165) is 18.7 Å². The molecule has 2 aliphatic rings. The van der Waals surface area contributed by atoms with Gasteiger partial charge in [-0.25, -0.2) is 0 Å². The van der Waals surface area contributed by atoms with E-state index in [1.807, 2.05) is 6.07 Å². The van der Waals surface area contributed by atoms with E-state index < -0.39 is 18.1 Å². The number of halogens is 1. The van der Waals surface area contributed by atoms with Gasteiger partial charge in [0.25, 0.3) is 5.91 Å². The quantitative estimate of drug-likeness (QED) is 0.761. The molecule has 136 valence electrons. The molecule has 0 aromatic heterocycles. The maximum absolute atomic E-state index is 12.5. The molecule has 2 aliphatic heterocycles. The number of carbonyl (C=O) groups is 2. The minimum atomic E-state index is -1.46. The Bertz CT molecular complexity index is 635. The number of rotatable bonds is 5. The number of morpholine rings is 2. The highest BCUT2D eigenvalue weighted by Crippen LogP contribution is 2.27. The third kappa shape index (κ3) is 4.19. The molecule has 0 aliphatic carbocycles. The van der Waals surface area contributed by atoms with E-state index in [0.29, 0.717) is 43.3 Å². The number of nitrogens with zero attached hydrogens (tertiary/aromatic N) is 2. The number of hydrogen-bond donors (Lipinski definition) is 1. The Kier molecular flexibility index (Phi) is 6.03. The van der Waals surface area contributed by atoms with Gasteiger partial charge in [0.2, 0.25) is 0 Å². The lowest BCUT2D eigenvalue weighted by Gasteiger charge is -2.34. The number of aliphatic hydroxyl groups is 1. The number of hydrogen-bond acceptors (Lipinski definition) is 6. The van der Waals surface area contributed by atoms with Gasteiger partial charge >= 0.3 is 0 Å². The van der Waals surface area contributed by atoms with E-state index in [-0.39, 0.29) is 6.61 Å². The molecular weight excluding hydrogens is 348 g/mol. The normalized spacial score (nSPS) is 23.5. The molecule has 3 rings (SSSR count). The van der Waals surface area contributed by atoms with Gasteiger partial charge < -0.3 is 24.3 Å². The fraction of sp³-hybridized carbons (Fsp3) is 0.529. The summed E-state index contributed by atoms with van der Waals surface area (Å²) in [6.07, 6.45) is -2.31. The van der Waals surface area contributed by atoms with Crippen LogP contribution in [0, 0.1) is 0 Å². The van der Waals surface area contributed by atoms with Gasteiger partial charge in [-0.2, -0.15) is 0 Å². The highest BCUT2D eigenvalue weighted by Gasteiger charge is 2.35. The minimum absolute atomic E-state index is 0.253. The highest BCUT2D eigenvalue weighted by atomic mass is 35.5. The van der Waals surface area contributed by atoms with Crippen molar-refractivity contribution in [1.82, 2.24) is 4.90 Å². The van der Waals surface area contributed by atoms with E-state index in [1.54, 1.807) is 12.1 Å². The van der Waals surface area contributed by atoms with E-state index in [1.165, 1.54) is 4.90 Å². The number of anilines is 1. The van der Waals surface area contributed by atoms with Crippen molar-refractivity contribution < 1.29 is 24.2 Å². The van der Waals surface area contributed by atoms with E-state index >= 15 is 0 Å². The van der Waals surface area contributed by atoms with Crippen LogP contribution in [0.5, 0.6) is 0 Å². The zero-order valence-corrected chi connectivity index (χ0v) is 14.5. The minimum Gasteiger partial charge on any atom is -0.382 e. The molecule has 25 heavy (non-hydrogen) atoms. The fourth-order valence-electron chi connectivity index (χ4n) is 3.03. The van der Waals surface area contributed by atoms with Gasteiger partial charge in [-0.15, -0.1) is 0 Å². The second-order valence-corrected chi connectivity index (χ2v) is 6.48. The van der Waals surface area contributed by atoms with Crippen LogP contribution in [0.2, 0.25) is 5.02 Å². The summed E-state index contributed by atoms with van der Waals surface area (Å²) in [5.74, 6) is -0.425. The number of aldehydes is 1. The lowest BCUT2D eigenvalue weighted by molar-refractivity contribution is -0.146. The number of amides is 1. The molecule has 7 nitrogen and oxygen atoms in total. The fourth-order valence-corrected chi connectivity index (χ4v) is 3.21. The van der Waals surface area contributed by atoms with Crippen molar-refractivity contribution in [2.45, 2.75) is 18.8 Å². The van der Waals surface area contributed by atoms with Crippen LogP contribution in [0.4, 0.5) is 5.69 Å². The molecule has 1 aromatic carbocycles. The zero-order chi connectivity index (χ0) is 17.8. The monoisotopic (exact) mass is 368 g/mol. The number of aliphatic hydroxyl groups excluding tert-OH is 1. The van der Waals surface area contributed by atoms with Gasteiger partial charge in [0.15, 0.2) is 12.4 Å². The van der Waals surface area contributed by atoms with Crippen molar-refractivity contribution in [3.63, 3.8) is 0 Å². The summed E-state index contributed by atoms with van der Waals surface area (Å²) >= 11 is 6.32. The van der Waals surface area contributed by atoms with Crippen LogP contribution in [0.15, 0.2) is 18.2 Å². The van der Waals surface area contributed by atoms with Crippen LogP contribution in [0.1, 0.15) is 5.56 Å². The second kappa shape index (κ2) is 8.25. The predicted molar refractivity (Wildman–Crippen MR) is 91.7 cm³/mol. The molecule has 0 radical (unpaired) electrons. The maximum atomic E-state index is 12.5. The van der Waals surface area contributed by atoms with Crippen LogP contribution in [0.25, 0.3) is 0 Å². The summed E-state index contributed by atoms with van der Waals surface area (Å²) in [4.78, 5) is 27.1. The topological polar surface area (TPSA) is 79.3 Å². The van der Waals surface area contributed by atoms with Crippen molar-refractivity contribution in [3.8, 4) is 0 Å². The average Bonchev–Trinajstić information content (AvgIpc) is 2.64. The van der Waals surface area contributed by atoms with Gasteiger partial charge in [-0.05, 0) is 23.8 Å². The standard InChI is InChI=1S/C17H21ClN2O5/c18-14-2-1-13(9-12(14)10-19-3-6-24-7-4-19)20-5-8-25-16(17(20)23)15(22)11-21/h1-2,9,11,15-16,22H,3-8,10H2/t15?,16-/m1/s1. The van der Waals surface area contributed by atoms with Crippen LogP contribution in [-0.4, -0.2) is 73.9 Å². The molecule has 8 heteroatoms. The molecule has 2 fully saturated rings. The molecule has 0 bridgehead atoms. The molecule has 1 aromatic rings. The van der Waals surface area contributed by atoms with E-state index in [2.05, 4.69) is 4.90 Å². The maximum Gasteiger partial charge on any atom is 0.259 e. The second-order valence-electron chi connectivity index (χ2n) is 6.07. The van der Waals surface area contributed by atoms with E-state index in [9.17, 15) is 14.7 Å². The zero-order valence-electron chi connectivity index (χ0n) is 13.8. The van der Waals surface area contributed by atoms with E-state index in [4.69, 9.17) is 21.1 Å². The van der Waals surface area contributed by atoms with Crippen LogP contribution >= 0.6 is 11.6 Å². The number of carbonyl (C=O) groups excluding carboxylic acids is 2. The third-order valence-electron chi connectivity index (χ3n) is 4.41. The molecule has 1 amide bonds. The van der Waals surface area contributed by atoms with Crippen molar-refractivity contribution in [2.75, 3.05) is 44.4 Å². The lowest BCUT2D eigenvalue weighted by atomic mass is 10.1. The Morgan fingerprint density at radius 1 is 1.28 bits per heavy atom. The molecule has 0 spiro atoms. The van der Waals surface area contributed by atoms with Gasteiger partial charge in [-0.3, -0.25) is 9.69 Å². The first kappa shape index (κ1) is 18.3. The van der Waals surface area contributed by atoms with Crippen molar-refractivity contribution >= 4 is 29.5 Å². The predicted octanol–water partition coefficient (Wildman–Crippen LogP) is 0.464. The first-order valence-electron chi connectivity index (χ1n) is 8.25. The van der Waals surface area contributed by atoms with Crippen molar-refractivity contribution in [1.29, 1.82) is 0 Å². The SMILES string of the molecule is O=CC(O)[C@H]1OCCN(c2ccc(Cl)c(CN3CCOCC3)c2)C1=O. The van der Waals surface area contributed by atoms with Gasteiger partial charge in [0.05, 0.1) is 19.8 Å². The molecular formula is C17H21ClN2O5. The van der Waals surface area contributed by atoms with Crippen molar-refractivity contribution in [2.24, 2.45) is 0 Å². The summed E-state index contributed by atoms with van der Waals surface area (Å²) in [5.41, 5.74) is 1.61. The van der Waals surface area contributed by atoms with Gasteiger partial charge in [-0.1, -0.05) is 11.6 Å². The summed E-state index contributed by atoms with van der Waals surface area (Å²) in [6.45, 7) is 4.36. The first-order chi connectivity index (χ1) is 12.1. The first-order valence-corrected chi connectivity index (χ1v) is 8.63. The highest BCUT2D eigenvalue weighted by molar-refractivity contribution is 6.31. The number of ether oxygens (including phenoxy) is 2. The summed E-state index contributed by atoms with van der Waals surface area (Å²) in [7, 11) is 0. The molecule has 1 N–H and O–H groups in total. The molecule has 2 saturated heterocycles.